The lowest BCUT2D eigenvalue weighted by molar-refractivity contribution is 0.200. The summed E-state index contributed by atoms with van der Waals surface area (Å²) < 4.78 is 20.3. The van der Waals surface area contributed by atoms with Gasteiger partial charge in [-0.05, 0) is 60.9 Å². The van der Waals surface area contributed by atoms with Gasteiger partial charge in [-0.25, -0.2) is 9.37 Å². The van der Waals surface area contributed by atoms with Gasteiger partial charge in [0.2, 0.25) is 0 Å². The molecule has 1 aromatic heterocycles. The smallest absolute Gasteiger partial charge is 0.141 e. The molecule has 1 N–H and O–H groups in total. The van der Waals surface area contributed by atoms with E-state index in [1.54, 1.807) is 12.1 Å². The van der Waals surface area contributed by atoms with Gasteiger partial charge in [-0.15, -0.1) is 0 Å². The van der Waals surface area contributed by atoms with Crippen LogP contribution in [0.2, 0.25) is 0 Å². The molecule has 0 amide bonds. The number of hydrogen-bond donors (Lipinski definition) is 1. The van der Waals surface area contributed by atoms with E-state index in [-0.39, 0.29) is 11.9 Å². The monoisotopic (exact) mass is 353 g/mol. The molecule has 2 aliphatic carbocycles. The van der Waals surface area contributed by atoms with Crippen molar-refractivity contribution in [1.82, 2.24) is 10.3 Å². The number of benzene rings is 1. The summed E-state index contributed by atoms with van der Waals surface area (Å²) in [5.74, 6) is 1.57. The highest BCUT2D eigenvalue weighted by molar-refractivity contribution is 5.46. The number of ether oxygens (including phenoxy) is 1. The van der Waals surface area contributed by atoms with Crippen LogP contribution in [0.15, 0.2) is 24.3 Å². The lowest BCUT2D eigenvalue weighted by atomic mass is 10.1. The zero-order valence-electron chi connectivity index (χ0n) is 14.9. The van der Waals surface area contributed by atoms with Crippen molar-refractivity contribution in [1.29, 1.82) is 0 Å². The average Bonchev–Trinajstić information content (AvgIpc) is 3.29. The quantitative estimate of drug-likeness (QED) is 0.920. The maximum Gasteiger partial charge on any atom is 0.141 e. The average molecular weight is 353 g/mol. The molecular weight excluding hydrogens is 329 g/mol. The van der Waals surface area contributed by atoms with Gasteiger partial charge < -0.3 is 15.0 Å². The molecule has 2 aromatic rings. The summed E-state index contributed by atoms with van der Waals surface area (Å²) in [6.45, 7) is 3.95. The second kappa shape index (κ2) is 6.54. The Morgan fingerprint density at radius 2 is 1.96 bits per heavy atom. The Bertz CT molecular complexity index is 832. The first-order valence-corrected chi connectivity index (χ1v) is 9.71. The maximum absolute atomic E-state index is 14.0. The van der Waals surface area contributed by atoms with Crippen LogP contribution in [0.1, 0.15) is 41.3 Å². The molecule has 26 heavy (non-hydrogen) atoms. The van der Waals surface area contributed by atoms with Gasteiger partial charge in [0.25, 0.3) is 0 Å². The number of halogens is 1. The van der Waals surface area contributed by atoms with Gasteiger partial charge in [0, 0.05) is 32.2 Å². The SMILES string of the molecule is Fc1cc2c(c(O[C@H]3CCc4ccc(N5CCNCC5)nc43)c1)CCC2. The van der Waals surface area contributed by atoms with Crippen LogP contribution < -0.4 is 15.0 Å². The van der Waals surface area contributed by atoms with Gasteiger partial charge in [0.15, 0.2) is 0 Å². The summed E-state index contributed by atoms with van der Waals surface area (Å²) >= 11 is 0. The van der Waals surface area contributed by atoms with E-state index in [9.17, 15) is 4.39 Å². The molecular formula is C21H24FN3O. The van der Waals surface area contributed by atoms with Crippen LogP contribution in [0.25, 0.3) is 0 Å². The number of fused-ring (bicyclic) bond motifs is 2. The summed E-state index contributed by atoms with van der Waals surface area (Å²) in [6.07, 6.45) is 4.85. The predicted molar refractivity (Wildman–Crippen MR) is 99.4 cm³/mol. The lowest BCUT2D eigenvalue weighted by Gasteiger charge is -2.29. The van der Waals surface area contributed by atoms with Crippen molar-refractivity contribution >= 4 is 5.82 Å². The number of aryl methyl sites for hydroxylation is 2. The van der Waals surface area contributed by atoms with Crippen LogP contribution in [0, 0.1) is 5.82 Å². The number of hydrogen-bond acceptors (Lipinski definition) is 4. The molecule has 0 bridgehead atoms. The molecule has 0 spiro atoms. The van der Waals surface area contributed by atoms with Crippen molar-refractivity contribution in [3.8, 4) is 5.75 Å². The van der Waals surface area contributed by atoms with Gasteiger partial charge in [-0.1, -0.05) is 6.07 Å². The highest BCUT2D eigenvalue weighted by atomic mass is 19.1. The zero-order valence-corrected chi connectivity index (χ0v) is 14.9. The number of rotatable bonds is 3. The van der Waals surface area contributed by atoms with E-state index in [1.807, 2.05) is 0 Å². The second-order valence-electron chi connectivity index (χ2n) is 7.49. The van der Waals surface area contributed by atoms with E-state index in [1.165, 1.54) is 11.1 Å². The van der Waals surface area contributed by atoms with Crippen LogP contribution in [0.5, 0.6) is 5.75 Å². The minimum atomic E-state index is -0.193. The first-order valence-electron chi connectivity index (χ1n) is 9.71. The standard InChI is InChI=1S/C21H24FN3O/c22-16-12-15-2-1-3-17(15)19(13-16)26-18-6-4-14-5-7-20(24-21(14)18)25-10-8-23-9-11-25/h5,7,12-13,18,23H,1-4,6,8-11H2/t18-/m0/s1. The topological polar surface area (TPSA) is 37.4 Å². The van der Waals surface area contributed by atoms with Crippen LogP contribution in [-0.2, 0) is 19.3 Å². The molecule has 1 saturated heterocycles. The van der Waals surface area contributed by atoms with E-state index in [0.29, 0.717) is 0 Å². The summed E-state index contributed by atoms with van der Waals surface area (Å²) in [6, 6.07) is 7.55. The van der Waals surface area contributed by atoms with Gasteiger partial charge in [0.1, 0.15) is 23.5 Å². The Labute approximate surface area is 153 Å². The molecule has 5 heteroatoms. The number of aromatic nitrogens is 1. The fraction of sp³-hybridized carbons (Fsp3) is 0.476. The van der Waals surface area contributed by atoms with E-state index < -0.39 is 0 Å². The number of nitrogens with zero attached hydrogens (tertiary/aromatic N) is 2. The zero-order chi connectivity index (χ0) is 17.5. The third-order valence-electron chi connectivity index (χ3n) is 5.83. The highest BCUT2D eigenvalue weighted by Gasteiger charge is 2.29. The van der Waals surface area contributed by atoms with Crippen molar-refractivity contribution in [2.45, 2.75) is 38.2 Å². The molecule has 1 atom stereocenters. The predicted octanol–water partition coefficient (Wildman–Crippen LogP) is 3.19. The first kappa shape index (κ1) is 16.1. The number of piperazine rings is 1. The maximum atomic E-state index is 14.0. The molecule has 2 heterocycles. The Morgan fingerprint density at radius 3 is 2.85 bits per heavy atom. The number of nitrogens with one attached hydrogen (secondary N) is 1. The first-order chi connectivity index (χ1) is 12.8. The van der Waals surface area contributed by atoms with Crippen molar-refractivity contribution in [3.63, 3.8) is 0 Å². The van der Waals surface area contributed by atoms with Crippen molar-refractivity contribution in [2.75, 3.05) is 31.1 Å². The van der Waals surface area contributed by atoms with Crippen LogP contribution in [0.3, 0.4) is 0 Å². The molecule has 0 saturated carbocycles. The minimum absolute atomic E-state index is 0.0700. The summed E-state index contributed by atoms with van der Waals surface area (Å²) in [4.78, 5) is 7.28. The molecule has 1 aromatic carbocycles. The Morgan fingerprint density at radius 1 is 1.08 bits per heavy atom. The third kappa shape index (κ3) is 2.84. The van der Waals surface area contributed by atoms with E-state index in [4.69, 9.17) is 9.72 Å². The fourth-order valence-electron chi connectivity index (χ4n) is 4.48. The number of pyridine rings is 1. The molecule has 1 aliphatic heterocycles. The Hall–Kier alpha value is -2.14. The number of anilines is 1. The summed E-state index contributed by atoms with van der Waals surface area (Å²) in [5.41, 5.74) is 4.61. The molecule has 1 fully saturated rings. The van der Waals surface area contributed by atoms with Crippen LogP contribution >= 0.6 is 0 Å². The molecule has 0 unspecified atom stereocenters. The lowest BCUT2D eigenvalue weighted by Crippen LogP contribution is -2.44. The van der Waals surface area contributed by atoms with E-state index in [2.05, 4.69) is 22.3 Å². The molecule has 4 nitrogen and oxygen atoms in total. The fourth-order valence-corrected chi connectivity index (χ4v) is 4.48. The normalized spacial score (nSPS) is 21.6. The summed E-state index contributed by atoms with van der Waals surface area (Å²) in [7, 11) is 0. The van der Waals surface area contributed by atoms with Gasteiger partial charge in [-0.2, -0.15) is 0 Å². The Kier molecular flexibility index (Phi) is 4.04. The van der Waals surface area contributed by atoms with Crippen molar-refractivity contribution < 1.29 is 9.13 Å². The van der Waals surface area contributed by atoms with Crippen molar-refractivity contribution in [2.24, 2.45) is 0 Å². The third-order valence-corrected chi connectivity index (χ3v) is 5.83. The summed E-state index contributed by atoms with van der Waals surface area (Å²) in [5, 5.41) is 3.38. The molecule has 3 aliphatic rings. The largest absolute Gasteiger partial charge is 0.484 e. The highest BCUT2D eigenvalue weighted by Crippen LogP contribution is 2.39. The van der Waals surface area contributed by atoms with Gasteiger partial charge >= 0.3 is 0 Å². The van der Waals surface area contributed by atoms with Gasteiger partial charge in [-0.3, -0.25) is 0 Å². The van der Waals surface area contributed by atoms with Crippen LogP contribution in [-0.4, -0.2) is 31.2 Å². The molecule has 136 valence electrons. The van der Waals surface area contributed by atoms with Gasteiger partial charge in [0.05, 0.1) is 5.69 Å². The van der Waals surface area contributed by atoms with Crippen molar-refractivity contribution in [3.05, 3.63) is 52.5 Å². The molecule has 5 rings (SSSR count). The Balaban J connectivity index is 1.43. The van der Waals surface area contributed by atoms with E-state index in [0.717, 1.165) is 81.1 Å². The molecule has 0 radical (unpaired) electrons. The van der Waals surface area contributed by atoms with Crippen LogP contribution in [0.4, 0.5) is 10.2 Å². The van der Waals surface area contributed by atoms with E-state index >= 15 is 0 Å². The second-order valence-corrected chi connectivity index (χ2v) is 7.49. The minimum Gasteiger partial charge on any atom is -0.484 e.